The lowest BCUT2D eigenvalue weighted by Crippen LogP contribution is -2.37. The SMILES string of the molecule is Cc1nc(OCCNC(=O)COc2cccc(C(F)(F)F)c2)cc(N2CCOCC2)n1. The van der Waals surface area contributed by atoms with Gasteiger partial charge in [-0.3, -0.25) is 4.79 Å². The van der Waals surface area contributed by atoms with Crippen molar-refractivity contribution >= 4 is 11.7 Å². The summed E-state index contributed by atoms with van der Waals surface area (Å²) in [5.41, 5.74) is -0.838. The maximum atomic E-state index is 12.7. The predicted octanol–water partition coefficient (Wildman–Crippen LogP) is 2.21. The largest absolute Gasteiger partial charge is 0.484 e. The molecule has 0 saturated carbocycles. The smallest absolute Gasteiger partial charge is 0.416 e. The molecule has 2 aromatic rings. The molecule has 0 atom stereocenters. The molecule has 0 aliphatic carbocycles. The average Bonchev–Trinajstić information content (AvgIpc) is 2.75. The van der Waals surface area contributed by atoms with E-state index >= 15 is 0 Å². The minimum Gasteiger partial charge on any atom is -0.484 e. The first-order valence-corrected chi connectivity index (χ1v) is 9.69. The molecule has 1 fully saturated rings. The van der Waals surface area contributed by atoms with Gasteiger partial charge in [0.1, 0.15) is 24.0 Å². The van der Waals surface area contributed by atoms with Crippen molar-refractivity contribution in [2.45, 2.75) is 13.1 Å². The van der Waals surface area contributed by atoms with Gasteiger partial charge in [-0.25, -0.2) is 4.98 Å². The van der Waals surface area contributed by atoms with E-state index < -0.39 is 24.3 Å². The predicted molar refractivity (Wildman–Crippen MR) is 105 cm³/mol. The number of amides is 1. The number of benzene rings is 1. The van der Waals surface area contributed by atoms with Crippen molar-refractivity contribution < 1.29 is 32.2 Å². The van der Waals surface area contributed by atoms with Crippen molar-refractivity contribution in [1.29, 1.82) is 0 Å². The zero-order chi connectivity index (χ0) is 22.3. The van der Waals surface area contributed by atoms with E-state index in [-0.39, 0.29) is 18.9 Å². The molecule has 0 bridgehead atoms. The van der Waals surface area contributed by atoms with Gasteiger partial charge in [-0.1, -0.05) is 6.07 Å². The standard InChI is InChI=1S/C20H23F3N4O4/c1-14-25-17(27-6-9-29-10-7-27)12-19(26-14)30-8-5-24-18(28)13-31-16-4-2-3-15(11-16)20(21,22)23/h2-4,11-12H,5-10,13H2,1H3,(H,24,28). The number of carbonyl (C=O) groups is 1. The Bertz CT molecular complexity index is 889. The topological polar surface area (TPSA) is 85.8 Å². The first kappa shape index (κ1) is 22.6. The molecule has 1 aromatic heterocycles. The molecule has 0 radical (unpaired) electrons. The Balaban J connectivity index is 1.41. The number of nitrogens with one attached hydrogen (secondary N) is 1. The first-order chi connectivity index (χ1) is 14.8. The van der Waals surface area contributed by atoms with Gasteiger partial charge >= 0.3 is 6.18 Å². The van der Waals surface area contributed by atoms with Crippen LogP contribution in [-0.4, -0.2) is 61.9 Å². The van der Waals surface area contributed by atoms with Gasteiger partial charge in [-0.15, -0.1) is 0 Å². The summed E-state index contributed by atoms with van der Waals surface area (Å²) in [6.45, 7) is 4.44. The summed E-state index contributed by atoms with van der Waals surface area (Å²) in [4.78, 5) is 22.6. The highest BCUT2D eigenvalue weighted by Crippen LogP contribution is 2.31. The molecule has 1 saturated heterocycles. The third-order valence-electron chi connectivity index (χ3n) is 4.34. The number of hydrogen-bond donors (Lipinski definition) is 1. The molecule has 1 aliphatic rings. The van der Waals surface area contributed by atoms with Crippen molar-refractivity contribution in [1.82, 2.24) is 15.3 Å². The van der Waals surface area contributed by atoms with Crippen LogP contribution in [-0.2, 0) is 15.7 Å². The molecule has 168 valence electrons. The minimum atomic E-state index is -4.47. The van der Waals surface area contributed by atoms with E-state index in [0.717, 1.165) is 31.0 Å². The molecule has 11 heteroatoms. The Morgan fingerprint density at radius 1 is 1.19 bits per heavy atom. The van der Waals surface area contributed by atoms with Gasteiger partial charge in [0.15, 0.2) is 6.61 Å². The Kier molecular flexibility index (Phi) is 7.50. The van der Waals surface area contributed by atoms with E-state index in [1.54, 1.807) is 13.0 Å². The minimum absolute atomic E-state index is 0.0340. The van der Waals surface area contributed by atoms with Crippen molar-refractivity contribution in [3.05, 3.63) is 41.7 Å². The van der Waals surface area contributed by atoms with Crippen LogP contribution in [0, 0.1) is 6.92 Å². The highest BCUT2D eigenvalue weighted by Gasteiger charge is 2.30. The van der Waals surface area contributed by atoms with Gasteiger partial charge in [-0.2, -0.15) is 18.2 Å². The normalized spacial score (nSPS) is 14.3. The molecule has 8 nitrogen and oxygen atoms in total. The molecule has 0 unspecified atom stereocenters. The number of halogens is 3. The second-order valence-electron chi connectivity index (χ2n) is 6.72. The van der Waals surface area contributed by atoms with Crippen LogP contribution in [0.15, 0.2) is 30.3 Å². The Morgan fingerprint density at radius 2 is 1.97 bits per heavy atom. The monoisotopic (exact) mass is 440 g/mol. The van der Waals surface area contributed by atoms with E-state index in [1.165, 1.54) is 12.1 Å². The number of alkyl halides is 3. The number of morpholine rings is 1. The van der Waals surface area contributed by atoms with E-state index in [4.69, 9.17) is 14.2 Å². The molecule has 31 heavy (non-hydrogen) atoms. The van der Waals surface area contributed by atoms with E-state index in [9.17, 15) is 18.0 Å². The summed E-state index contributed by atoms with van der Waals surface area (Å²) in [6, 6.07) is 6.09. The molecule has 1 N–H and O–H groups in total. The van der Waals surface area contributed by atoms with Crippen molar-refractivity contribution in [3.8, 4) is 11.6 Å². The second kappa shape index (κ2) is 10.3. The summed E-state index contributed by atoms with van der Waals surface area (Å²) in [6.07, 6.45) is -4.47. The molecule has 1 aliphatic heterocycles. The maximum absolute atomic E-state index is 12.7. The zero-order valence-corrected chi connectivity index (χ0v) is 16.9. The Labute approximate surface area is 177 Å². The number of aryl methyl sites for hydroxylation is 1. The highest BCUT2D eigenvalue weighted by atomic mass is 19.4. The van der Waals surface area contributed by atoms with Gasteiger partial charge in [0.25, 0.3) is 5.91 Å². The molecular formula is C20H23F3N4O4. The van der Waals surface area contributed by atoms with E-state index in [0.29, 0.717) is 24.9 Å². The summed E-state index contributed by atoms with van der Waals surface area (Å²) in [5, 5.41) is 2.58. The number of rotatable bonds is 8. The molecule has 1 aromatic carbocycles. The van der Waals surface area contributed by atoms with Crippen LogP contribution in [0.3, 0.4) is 0 Å². The lowest BCUT2D eigenvalue weighted by molar-refractivity contribution is -0.137. The number of carbonyl (C=O) groups excluding carboxylic acids is 1. The number of nitrogens with zero attached hydrogens (tertiary/aromatic N) is 3. The number of hydrogen-bond acceptors (Lipinski definition) is 7. The van der Waals surface area contributed by atoms with Gasteiger partial charge < -0.3 is 24.4 Å². The molecule has 3 rings (SSSR count). The van der Waals surface area contributed by atoms with Crippen molar-refractivity contribution in [2.75, 3.05) is 51.0 Å². The second-order valence-corrected chi connectivity index (χ2v) is 6.72. The van der Waals surface area contributed by atoms with Gasteiger partial charge in [0.2, 0.25) is 5.88 Å². The van der Waals surface area contributed by atoms with Crippen molar-refractivity contribution in [3.63, 3.8) is 0 Å². The molecule has 0 spiro atoms. The molecule has 1 amide bonds. The summed E-state index contributed by atoms with van der Waals surface area (Å²) in [7, 11) is 0. The fourth-order valence-electron chi connectivity index (χ4n) is 2.86. The molecular weight excluding hydrogens is 417 g/mol. The van der Waals surface area contributed by atoms with Crippen LogP contribution in [0.25, 0.3) is 0 Å². The summed E-state index contributed by atoms with van der Waals surface area (Å²) < 4.78 is 54.2. The van der Waals surface area contributed by atoms with Crippen LogP contribution in [0.1, 0.15) is 11.4 Å². The van der Waals surface area contributed by atoms with Gasteiger partial charge in [-0.05, 0) is 25.1 Å². The maximum Gasteiger partial charge on any atom is 0.416 e. The summed E-state index contributed by atoms with van der Waals surface area (Å²) >= 11 is 0. The first-order valence-electron chi connectivity index (χ1n) is 9.69. The number of anilines is 1. The molecule has 2 heterocycles. The van der Waals surface area contributed by atoms with Gasteiger partial charge in [0.05, 0.1) is 25.3 Å². The summed E-state index contributed by atoms with van der Waals surface area (Å²) in [5.74, 6) is 1.20. The quantitative estimate of drug-likeness (QED) is 0.630. The third kappa shape index (κ3) is 6.99. The number of aromatic nitrogens is 2. The Hall–Kier alpha value is -3.08. The van der Waals surface area contributed by atoms with Crippen LogP contribution < -0.4 is 19.7 Å². The van der Waals surface area contributed by atoms with Crippen LogP contribution in [0.2, 0.25) is 0 Å². The van der Waals surface area contributed by atoms with Crippen LogP contribution in [0.4, 0.5) is 19.0 Å². The van der Waals surface area contributed by atoms with E-state index in [2.05, 4.69) is 20.2 Å². The lowest BCUT2D eigenvalue weighted by Gasteiger charge is -2.28. The zero-order valence-electron chi connectivity index (χ0n) is 16.9. The van der Waals surface area contributed by atoms with E-state index in [1.807, 2.05) is 0 Å². The highest BCUT2D eigenvalue weighted by molar-refractivity contribution is 5.77. The van der Waals surface area contributed by atoms with Gasteiger partial charge in [0, 0.05) is 19.2 Å². The lowest BCUT2D eigenvalue weighted by atomic mass is 10.2. The third-order valence-corrected chi connectivity index (χ3v) is 4.34. The average molecular weight is 440 g/mol. The Morgan fingerprint density at radius 3 is 2.71 bits per heavy atom. The number of ether oxygens (including phenoxy) is 3. The van der Waals surface area contributed by atoms with Crippen molar-refractivity contribution in [2.24, 2.45) is 0 Å². The fourth-order valence-corrected chi connectivity index (χ4v) is 2.86. The van der Waals surface area contributed by atoms with Crippen LogP contribution >= 0.6 is 0 Å². The van der Waals surface area contributed by atoms with Crippen LogP contribution in [0.5, 0.6) is 11.6 Å². The fraction of sp³-hybridized carbons (Fsp3) is 0.450.